The number of benzene rings is 10. The van der Waals surface area contributed by atoms with E-state index in [0.717, 1.165) is 148 Å². The van der Waals surface area contributed by atoms with Crippen molar-refractivity contribution in [1.82, 2.24) is 19.9 Å². The third-order valence-electron chi connectivity index (χ3n) is 17.8. The second-order valence-electron chi connectivity index (χ2n) is 23.1. The maximum atomic E-state index is 6.04. The molecule has 0 unspecified atom stereocenters. The maximum absolute atomic E-state index is 6.04. The van der Waals surface area contributed by atoms with Crippen LogP contribution in [0.25, 0.3) is 11.3 Å². The van der Waals surface area contributed by atoms with Crippen molar-refractivity contribution in [3.05, 3.63) is 328 Å². The molecule has 4 aromatic heterocycles. The van der Waals surface area contributed by atoms with Crippen molar-refractivity contribution < 1.29 is 0 Å². The molecule has 0 N–H and O–H groups in total. The van der Waals surface area contributed by atoms with E-state index in [0.29, 0.717) is 0 Å². The molecule has 10 aromatic carbocycles. The summed E-state index contributed by atoms with van der Waals surface area (Å²) in [6.07, 6.45) is 3.98. The first-order valence-electron chi connectivity index (χ1n) is 31.0. The van der Waals surface area contributed by atoms with Gasteiger partial charge in [0.1, 0.15) is 23.1 Å². The van der Waals surface area contributed by atoms with Crippen LogP contribution in [0.5, 0.6) is 0 Å². The van der Waals surface area contributed by atoms with Crippen molar-refractivity contribution in [3.8, 4) is 11.3 Å². The quantitative estimate of drug-likeness (QED) is 0.116. The van der Waals surface area contributed by atoms with Crippen LogP contribution < -0.4 is 50.7 Å². The van der Waals surface area contributed by atoms with E-state index in [1.54, 1.807) is 0 Å². The molecule has 0 bridgehead atoms. The summed E-state index contributed by atoms with van der Waals surface area (Å²) in [7, 11) is 0. The van der Waals surface area contributed by atoms with Gasteiger partial charge in [0.15, 0.2) is 11.6 Å². The number of anilines is 21. The first-order chi connectivity index (χ1) is 45.7. The summed E-state index contributed by atoms with van der Waals surface area (Å²) in [5.41, 5.74) is 20.5. The van der Waals surface area contributed by atoms with Gasteiger partial charge < -0.3 is 4.90 Å². The van der Waals surface area contributed by atoms with Gasteiger partial charge in [-0.15, -0.1) is 0 Å². The lowest BCUT2D eigenvalue weighted by atomic mass is 9.34. The topological polar surface area (TPSA) is 74.2 Å². The Morgan fingerprint density at radius 2 is 0.707 bits per heavy atom. The number of rotatable bonds is 11. The van der Waals surface area contributed by atoms with Gasteiger partial charge in [-0.05, 0) is 144 Å². The zero-order valence-corrected chi connectivity index (χ0v) is 49.7. The molecule has 11 nitrogen and oxygen atoms in total. The highest BCUT2D eigenvalue weighted by molar-refractivity contribution is 7.00. The lowest BCUT2D eigenvalue weighted by molar-refractivity contribution is 1.04. The molecule has 0 fully saturated rings. The summed E-state index contributed by atoms with van der Waals surface area (Å²) in [5.74, 6) is 3.83. The minimum Gasteiger partial charge on any atom is -0.311 e. The molecule has 0 radical (unpaired) electrons. The number of pyridine rings is 4. The Morgan fingerprint density at radius 3 is 1.22 bits per heavy atom. The minimum absolute atomic E-state index is 0.354. The van der Waals surface area contributed by atoms with Crippen LogP contribution in [0, 0.1) is 0 Å². The van der Waals surface area contributed by atoms with E-state index in [1.165, 1.54) is 0 Å². The van der Waals surface area contributed by atoms with Crippen LogP contribution in [0.2, 0.25) is 0 Å². The summed E-state index contributed by atoms with van der Waals surface area (Å²) >= 11 is 0. The summed E-state index contributed by atoms with van der Waals surface area (Å²) in [6.45, 7) is -0.354. The summed E-state index contributed by atoms with van der Waals surface area (Å²) in [4.78, 5) is 39.3. The van der Waals surface area contributed by atoms with Crippen LogP contribution in [0.1, 0.15) is 0 Å². The predicted molar refractivity (Wildman–Crippen MR) is 378 cm³/mol. The zero-order valence-electron chi connectivity index (χ0n) is 49.7. The lowest BCUT2D eigenvalue weighted by Crippen LogP contribution is -2.62. The van der Waals surface area contributed by atoms with Gasteiger partial charge in [0.05, 0.1) is 28.4 Å². The number of para-hydroxylation sites is 8. The third kappa shape index (κ3) is 8.45. The van der Waals surface area contributed by atoms with Crippen molar-refractivity contribution in [2.45, 2.75) is 0 Å². The zero-order chi connectivity index (χ0) is 60.6. The molecule has 0 spiro atoms. The smallest absolute Gasteiger partial charge is 0.256 e. The van der Waals surface area contributed by atoms with Crippen molar-refractivity contribution in [1.29, 1.82) is 0 Å². The number of aromatic nitrogens is 4. The average Bonchev–Trinajstić information content (AvgIpc) is 0.691. The van der Waals surface area contributed by atoms with E-state index in [9.17, 15) is 0 Å². The Labute approximate surface area is 533 Å². The van der Waals surface area contributed by atoms with Crippen molar-refractivity contribution in [3.63, 3.8) is 0 Å². The fourth-order valence-electron chi connectivity index (χ4n) is 14.0. The van der Waals surface area contributed by atoms with E-state index in [1.807, 2.05) is 6.20 Å². The molecule has 0 amide bonds. The second-order valence-corrected chi connectivity index (χ2v) is 23.1. The molecule has 0 saturated carbocycles. The first-order valence-corrected chi connectivity index (χ1v) is 31.0. The maximum Gasteiger partial charge on any atom is 0.256 e. The van der Waals surface area contributed by atoms with Gasteiger partial charge in [0, 0.05) is 92.7 Å². The average molecular weight is 1180 g/mol. The highest BCUT2D eigenvalue weighted by atomic mass is 15.4. The van der Waals surface area contributed by atoms with Gasteiger partial charge in [-0.1, -0.05) is 176 Å². The fraction of sp³-hybridized carbons (Fsp3) is 0. The molecule has 92 heavy (non-hydrogen) atoms. The Hall–Kier alpha value is -12.5. The van der Waals surface area contributed by atoms with Crippen LogP contribution in [-0.4, -0.2) is 26.6 Å². The first kappa shape index (κ1) is 52.6. The summed E-state index contributed by atoms with van der Waals surface area (Å²) in [5, 5.41) is 0. The van der Waals surface area contributed by atoms with Crippen molar-refractivity contribution >= 4 is 143 Å². The van der Waals surface area contributed by atoms with E-state index in [4.69, 9.17) is 19.9 Å². The molecule has 18 rings (SSSR count). The standard InChI is InChI=1S/C80H54BN11/c1-10-28-55(29-11-1)66-46-47-68-78(83-66)91(63-44-26-9-27-45-63)73-53-75(87(58-34-16-4-17-35-58)59-36-18-5-19-37-59)85-80-77(73)92(68)70-50-64-69(51-71(70)90(80)62-42-24-8-25-43-62)88(60-38-20-6-21-39-60)72-52-74(86(56-30-12-2-13-31-56)57-32-14-3-15-33-57)84-79-76(72)81(64)65-54-82-49-48-67(65)89(79)61-40-22-7-23-41-61/h1-54H. The minimum atomic E-state index is -0.354. The van der Waals surface area contributed by atoms with E-state index < -0.39 is 0 Å². The molecule has 14 aromatic rings. The largest absolute Gasteiger partial charge is 0.311 e. The predicted octanol–water partition coefficient (Wildman–Crippen LogP) is 19.0. The molecule has 8 heterocycles. The van der Waals surface area contributed by atoms with Gasteiger partial charge in [-0.2, -0.15) is 0 Å². The Bertz CT molecular complexity index is 5000. The molecule has 12 heteroatoms. The number of nitrogens with zero attached hydrogens (tertiary/aromatic N) is 11. The van der Waals surface area contributed by atoms with Crippen molar-refractivity contribution in [2.24, 2.45) is 0 Å². The molecule has 4 aliphatic heterocycles. The molecule has 0 saturated heterocycles. The van der Waals surface area contributed by atoms with Crippen LogP contribution >= 0.6 is 0 Å². The monoisotopic (exact) mass is 1180 g/mol. The summed E-state index contributed by atoms with van der Waals surface area (Å²) in [6, 6.07) is 111. The van der Waals surface area contributed by atoms with Gasteiger partial charge in [0.2, 0.25) is 0 Å². The van der Waals surface area contributed by atoms with Crippen LogP contribution in [0.3, 0.4) is 0 Å². The van der Waals surface area contributed by atoms with Crippen molar-refractivity contribution in [2.75, 3.05) is 34.3 Å². The molecular weight excluding hydrogens is 1130 g/mol. The van der Waals surface area contributed by atoms with Gasteiger partial charge in [-0.3, -0.25) is 34.4 Å². The van der Waals surface area contributed by atoms with Gasteiger partial charge >= 0.3 is 0 Å². The van der Waals surface area contributed by atoms with Gasteiger partial charge in [0.25, 0.3) is 6.71 Å². The number of hydrogen-bond acceptors (Lipinski definition) is 11. The van der Waals surface area contributed by atoms with E-state index in [-0.39, 0.29) is 6.71 Å². The Kier molecular flexibility index (Phi) is 12.4. The van der Waals surface area contributed by atoms with Crippen LogP contribution in [0.15, 0.2) is 328 Å². The third-order valence-corrected chi connectivity index (χ3v) is 17.8. The summed E-state index contributed by atoms with van der Waals surface area (Å²) < 4.78 is 0. The highest BCUT2D eigenvalue weighted by Crippen LogP contribution is 2.64. The van der Waals surface area contributed by atoms with Gasteiger partial charge in [-0.25, -0.2) is 15.0 Å². The SMILES string of the molecule is c1ccc(-c2ccc3c(n2)N(c2ccccc2)c2cc(N(c4ccccc4)c4ccccc4)nc4c2N3c2cc3c(cc2N4c2ccccc2)N(c2ccccc2)c2cc(N(c4ccccc4)c4ccccc4)nc4c2B3c2cnccc2N4c2ccccc2)cc1. The normalized spacial score (nSPS) is 12.9. The molecule has 4 aliphatic rings. The number of hydrogen-bond donors (Lipinski definition) is 0. The Morgan fingerprint density at radius 1 is 0.283 bits per heavy atom. The molecule has 0 atom stereocenters. The molecule has 0 aliphatic carbocycles. The van der Waals surface area contributed by atoms with Crippen LogP contribution in [-0.2, 0) is 0 Å². The number of fused-ring (bicyclic) bond motifs is 8. The fourth-order valence-corrected chi connectivity index (χ4v) is 14.0. The van der Waals surface area contributed by atoms with E-state index in [2.05, 4.69) is 356 Å². The molecule has 432 valence electrons. The highest BCUT2D eigenvalue weighted by Gasteiger charge is 2.49. The second kappa shape index (κ2) is 21.7. The molecular formula is C80H54BN11. The lowest BCUT2D eigenvalue weighted by Gasteiger charge is -2.48. The Balaban J connectivity index is 0.972. The van der Waals surface area contributed by atoms with Crippen LogP contribution in [0.4, 0.5) is 120 Å². The van der Waals surface area contributed by atoms with E-state index >= 15 is 0 Å².